The molecule has 1 N–H and O–H groups in total. The molecule has 0 aromatic heterocycles. The Hall–Kier alpha value is -3.47. The van der Waals surface area contributed by atoms with Gasteiger partial charge in [-0.25, -0.2) is 0 Å². The van der Waals surface area contributed by atoms with Gasteiger partial charge in [0.15, 0.2) is 0 Å². The van der Waals surface area contributed by atoms with E-state index in [-0.39, 0.29) is 5.91 Å². The third kappa shape index (κ3) is 5.08. The van der Waals surface area contributed by atoms with Crippen molar-refractivity contribution < 1.29 is 19.0 Å². The predicted molar refractivity (Wildman–Crippen MR) is 114 cm³/mol. The van der Waals surface area contributed by atoms with Crippen molar-refractivity contribution in [2.45, 2.75) is 13.0 Å². The lowest BCUT2D eigenvalue weighted by molar-refractivity contribution is -0.120. The summed E-state index contributed by atoms with van der Waals surface area (Å²) in [4.78, 5) is 12.4. The predicted octanol–water partition coefficient (Wildman–Crippen LogP) is 4.24. The molecule has 0 unspecified atom stereocenters. The summed E-state index contributed by atoms with van der Waals surface area (Å²) in [7, 11) is 4.74. The first-order chi connectivity index (χ1) is 14.1. The third-order valence-electron chi connectivity index (χ3n) is 4.71. The number of hydrogen-bond acceptors (Lipinski definition) is 4. The second kappa shape index (κ2) is 9.64. The van der Waals surface area contributed by atoms with E-state index in [1.807, 2.05) is 42.5 Å². The van der Waals surface area contributed by atoms with Crippen molar-refractivity contribution in [1.29, 1.82) is 0 Å². The topological polar surface area (TPSA) is 56.8 Å². The van der Waals surface area contributed by atoms with Gasteiger partial charge in [0.05, 0.1) is 39.9 Å². The number of nitrogens with one attached hydrogen (secondary N) is 1. The van der Waals surface area contributed by atoms with E-state index in [0.29, 0.717) is 30.2 Å². The molecule has 0 radical (unpaired) electrons. The smallest absolute Gasteiger partial charge is 0.224 e. The number of benzene rings is 3. The normalized spacial score (nSPS) is 10.3. The molecule has 150 valence electrons. The molecule has 3 rings (SSSR count). The minimum Gasteiger partial charge on any atom is -0.496 e. The molecule has 0 bridgehead atoms. The molecule has 0 aliphatic rings. The van der Waals surface area contributed by atoms with E-state index in [4.69, 9.17) is 14.2 Å². The zero-order valence-corrected chi connectivity index (χ0v) is 16.9. The molecule has 0 heterocycles. The van der Waals surface area contributed by atoms with Gasteiger partial charge < -0.3 is 19.5 Å². The summed E-state index contributed by atoms with van der Waals surface area (Å²) in [5, 5.41) is 2.94. The van der Waals surface area contributed by atoms with E-state index in [1.54, 1.807) is 33.5 Å². The Bertz CT molecular complexity index is 927. The van der Waals surface area contributed by atoms with Crippen LogP contribution >= 0.6 is 0 Å². The van der Waals surface area contributed by atoms with Crippen LogP contribution in [0.2, 0.25) is 0 Å². The van der Waals surface area contributed by atoms with Crippen molar-refractivity contribution in [1.82, 2.24) is 5.32 Å². The Morgan fingerprint density at radius 3 is 1.93 bits per heavy atom. The van der Waals surface area contributed by atoms with E-state index in [1.165, 1.54) is 0 Å². The van der Waals surface area contributed by atoms with Crippen LogP contribution in [-0.2, 0) is 17.8 Å². The summed E-state index contributed by atoms with van der Waals surface area (Å²) in [6.45, 7) is 0.303. The molecule has 0 fully saturated rings. The highest BCUT2D eigenvalue weighted by molar-refractivity contribution is 5.79. The first kappa shape index (κ1) is 20.3. The summed E-state index contributed by atoms with van der Waals surface area (Å²) < 4.78 is 16.1. The van der Waals surface area contributed by atoms with E-state index in [9.17, 15) is 4.79 Å². The summed E-state index contributed by atoms with van der Waals surface area (Å²) in [6, 6.07) is 21.7. The fourth-order valence-electron chi connectivity index (χ4n) is 3.13. The number of ether oxygens (including phenoxy) is 3. The standard InChI is InChI=1S/C24H25NO4/c1-27-20-14-22(28-2)21(23(15-20)29-3)16-25-24(26)13-17-9-11-19(12-10-17)18-7-5-4-6-8-18/h4-12,14-15H,13,16H2,1-3H3,(H,25,26). The highest BCUT2D eigenvalue weighted by atomic mass is 16.5. The molecule has 0 aliphatic heterocycles. The minimum absolute atomic E-state index is 0.0719. The Morgan fingerprint density at radius 1 is 0.793 bits per heavy atom. The van der Waals surface area contributed by atoms with Crippen molar-refractivity contribution in [3.63, 3.8) is 0 Å². The molecule has 5 heteroatoms. The Labute approximate surface area is 171 Å². The van der Waals surface area contributed by atoms with Gasteiger partial charge in [-0.05, 0) is 16.7 Å². The van der Waals surface area contributed by atoms with Crippen molar-refractivity contribution in [2.24, 2.45) is 0 Å². The number of carbonyl (C=O) groups excluding carboxylic acids is 1. The first-order valence-electron chi connectivity index (χ1n) is 9.34. The molecular weight excluding hydrogens is 366 g/mol. The number of rotatable bonds is 8. The van der Waals surface area contributed by atoms with E-state index >= 15 is 0 Å². The Morgan fingerprint density at radius 2 is 1.38 bits per heavy atom. The molecule has 3 aromatic rings. The molecule has 0 saturated carbocycles. The van der Waals surface area contributed by atoms with E-state index < -0.39 is 0 Å². The zero-order chi connectivity index (χ0) is 20.6. The maximum atomic E-state index is 12.4. The molecule has 0 spiro atoms. The molecule has 3 aromatic carbocycles. The molecule has 0 saturated heterocycles. The van der Waals surface area contributed by atoms with Crippen LogP contribution < -0.4 is 19.5 Å². The number of amides is 1. The lowest BCUT2D eigenvalue weighted by atomic mass is 10.0. The number of methoxy groups -OCH3 is 3. The van der Waals surface area contributed by atoms with Crippen LogP contribution in [0.25, 0.3) is 11.1 Å². The SMILES string of the molecule is COc1cc(OC)c(CNC(=O)Cc2ccc(-c3ccccc3)cc2)c(OC)c1. The summed E-state index contributed by atoms with van der Waals surface area (Å²) in [6.07, 6.45) is 0.301. The van der Waals surface area contributed by atoms with Crippen molar-refractivity contribution in [3.8, 4) is 28.4 Å². The van der Waals surface area contributed by atoms with Crippen LogP contribution in [0, 0.1) is 0 Å². The van der Waals surface area contributed by atoms with Gasteiger partial charge in [0.25, 0.3) is 0 Å². The summed E-state index contributed by atoms with van der Waals surface area (Å²) in [5.41, 5.74) is 4.00. The van der Waals surface area contributed by atoms with Gasteiger partial charge in [0.2, 0.25) is 5.91 Å². The van der Waals surface area contributed by atoms with Crippen LogP contribution in [0.3, 0.4) is 0 Å². The fourth-order valence-corrected chi connectivity index (χ4v) is 3.13. The van der Waals surface area contributed by atoms with Gasteiger partial charge >= 0.3 is 0 Å². The van der Waals surface area contributed by atoms with Crippen LogP contribution in [0.4, 0.5) is 0 Å². The van der Waals surface area contributed by atoms with Gasteiger partial charge in [-0.3, -0.25) is 4.79 Å². The quantitative estimate of drug-likeness (QED) is 0.624. The van der Waals surface area contributed by atoms with Crippen LogP contribution in [0.1, 0.15) is 11.1 Å². The molecule has 5 nitrogen and oxygen atoms in total. The van der Waals surface area contributed by atoms with Crippen molar-refractivity contribution in [2.75, 3.05) is 21.3 Å². The third-order valence-corrected chi connectivity index (χ3v) is 4.71. The van der Waals surface area contributed by atoms with Gasteiger partial charge in [-0.15, -0.1) is 0 Å². The minimum atomic E-state index is -0.0719. The number of hydrogen-bond donors (Lipinski definition) is 1. The average molecular weight is 391 g/mol. The van der Waals surface area contributed by atoms with Gasteiger partial charge in [-0.1, -0.05) is 54.6 Å². The highest BCUT2D eigenvalue weighted by Gasteiger charge is 2.14. The van der Waals surface area contributed by atoms with E-state index in [0.717, 1.165) is 22.3 Å². The average Bonchev–Trinajstić information content (AvgIpc) is 2.78. The lowest BCUT2D eigenvalue weighted by Crippen LogP contribution is -2.25. The maximum Gasteiger partial charge on any atom is 0.224 e. The molecular formula is C24H25NO4. The largest absolute Gasteiger partial charge is 0.496 e. The fraction of sp³-hybridized carbons (Fsp3) is 0.208. The summed E-state index contributed by atoms with van der Waals surface area (Å²) in [5.74, 6) is 1.77. The highest BCUT2D eigenvalue weighted by Crippen LogP contribution is 2.33. The first-order valence-corrected chi connectivity index (χ1v) is 9.34. The second-order valence-electron chi connectivity index (χ2n) is 6.53. The van der Waals surface area contributed by atoms with Crippen LogP contribution in [-0.4, -0.2) is 27.2 Å². The van der Waals surface area contributed by atoms with Gasteiger partial charge in [0.1, 0.15) is 17.2 Å². The molecule has 1 amide bonds. The van der Waals surface area contributed by atoms with Gasteiger partial charge in [0, 0.05) is 12.1 Å². The molecule has 29 heavy (non-hydrogen) atoms. The Balaban J connectivity index is 1.64. The zero-order valence-electron chi connectivity index (χ0n) is 16.9. The monoisotopic (exact) mass is 391 g/mol. The van der Waals surface area contributed by atoms with E-state index in [2.05, 4.69) is 17.4 Å². The van der Waals surface area contributed by atoms with Crippen LogP contribution in [0.15, 0.2) is 66.7 Å². The van der Waals surface area contributed by atoms with Crippen LogP contribution in [0.5, 0.6) is 17.2 Å². The Kier molecular flexibility index (Phi) is 6.74. The summed E-state index contributed by atoms with van der Waals surface area (Å²) >= 11 is 0. The van der Waals surface area contributed by atoms with Crippen molar-refractivity contribution >= 4 is 5.91 Å². The maximum absolute atomic E-state index is 12.4. The molecule has 0 aliphatic carbocycles. The molecule has 0 atom stereocenters. The number of carbonyl (C=O) groups is 1. The second-order valence-corrected chi connectivity index (χ2v) is 6.53. The lowest BCUT2D eigenvalue weighted by Gasteiger charge is -2.15. The van der Waals surface area contributed by atoms with Gasteiger partial charge in [-0.2, -0.15) is 0 Å². The van der Waals surface area contributed by atoms with Crippen molar-refractivity contribution in [3.05, 3.63) is 77.9 Å².